The summed E-state index contributed by atoms with van der Waals surface area (Å²) >= 11 is 0. The van der Waals surface area contributed by atoms with E-state index in [4.69, 9.17) is 0 Å². The van der Waals surface area contributed by atoms with E-state index in [0.29, 0.717) is 17.7 Å². The van der Waals surface area contributed by atoms with Crippen molar-refractivity contribution < 1.29 is 4.79 Å². The molecule has 4 atom stereocenters. The Kier molecular flexibility index (Phi) is 3.26. The van der Waals surface area contributed by atoms with E-state index in [1.807, 2.05) is 6.92 Å². The minimum absolute atomic E-state index is 0.346. The first kappa shape index (κ1) is 12.9. The zero-order valence-electron chi connectivity index (χ0n) is 12.0. The largest absolute Gasteiger partial charge is 0.342 e. The van der Waals surface area contributed by atoms with E-state index in [1.54, 1.807) is 0 Å². The summed E-state index contributed by atoms with van der Waals surface area (Å²) in [7, 11) is 0. The normalized spacial score (nSPS) is 37.4. The summed E-state index contributed by atoms with van der Waals surface area (Å²) in [4.78, 5) is 13.9. The Bertz CT molecular complexity index is 305. The van der Waals surface area contributed by atoms with Gasteiger partial charge in [0.15, 0.2) is 0 Å². The second-order valence-electron chi connectivity index (χ2n) is 7.14. The molecule has 1 saturated heterocycles. The zero-order valence-corrected chi connectivity index (χ0v) is 12.0. The summed E-state index contributed by atoms with van der Waals surface area (Å²) in [5.41, 5.74) is 0.420. The summed E-state index contributed by atoms with van der Waals surface area (Å²) in [6, 6.07) is 0. The summed E-state index contributed by atoms with van der Waals surface area (Å²) in [6.07, 6.45) is 1.99. The molecule has 1 amide bonds. The maximum Gasteiger partial charge on any atom is 0.222 e. The highest BCUT2D eigenvalue weighted by atomic mass is 16.2. The van der Waals surface area contributed by atoms with E-state index in [1.165, 1.54) is 6.42 Å². The van der Waals surface area contributed by atoms with Gasteiger partial charge in [0.25, 0.3) is 0 Å². The van der Waals surface area contributed by atoms with Gasteiger partial charge in [0.1, 0.15) is 0 Å². The fraction of sp³-hybridized carbons (Fsp3) is 0.933. The fourth-order valence-electron chi connectivity index (χ4n) is 4.15. The van der Waals surface area contributed by atoms with Crippen LogP contribution in [0.5, 0.6) is 0 Å². The highest BCUT2D eigenvalue weighted by Gasteiger charge is 2.49. The van der Waals surface area contributed by atoms with Crippen LogP contribution in [0.4, 0.5) is 0 Å². The van der Waals surface area contributed by atoms with Crippen LogP contribution < -0.4 is 0 Å². The molecule has 0 N–H and O–H groups in total. The molecule has 2 aliphatic rings. The van der Waals surface area contributed by atoms with Crippen LogP contribution >= 0.6 is 0 Å². The van der Waals surface area contributed by atoms with Gasteiger partial charge in [-0.3, -0.25) is 4.79 Å². The zero-order chi connectivity index (χ0) is 12.8. The molecule has 2 heteroatoms. The smallest absolute Gasteiger partial charge is 0.222 e. The van der Waals surface area contributed by atoms with E-state index in [0.717, 1.165) is 36.8 Å². The lowest BCUT2D eigenvalue weighted by atomic mass is 9.74. The molecule has 2 rings (SSSR count). The van der Waals surface area contributed by atoms with E-state index < -0.39 is 0 Å². The van der Waals surface area contributed by atoms with Crippen molar-refractivity contribution >= 4 is 5.91 Å². The van der Waals surface area contributed by atoms with Crippen LogP contribution in [-0.4, -0.2) is 23.9 Å². The SMILES string of the molecule is CCC(=O)N1CC2CC(C(C)(C)C)C(C)C2C1. The predicted octanol–water partition coefficient (Wildman–Crippen LogP) is 3.17. The van der Waals surface area contributed by atoms with Gasteiger partial charge in [-0.1, -0.05) is 34.6 Å². The van der Waals surface area contributed by atoms with Gasteiger partial charge >= 0.3 is 0 Å². The summed E-state index contributed by atoms with van der Waals surface area (Å²) < 4.78 is 0. The Morgan fingerprint density at radius 2 is 1.94 bits per heavy atom. The topological polar surface area (TPSA) is 20.3 Å². The molecular formula is C15H27NO. The molecule has 0 aromatic carbocycles. The fourth-order valence-corrected chi connectivity index (χ4v) is 4.15. The predicted molar refractivity (Wildman–Crippen MR) is 70.6 cm³/mol. The van der Waals surface area contributed by atoms with Crippen molar-refractivity contribution in [2.24, 2.45) is 29.1 Å². The minimum atomic E-state index is 0.346. The molecule has 0 spiro atoms. The first-order chi connectivity index (χ1) is 7.84. The molecule has 1 aliphatic carbocycles. The lowest BCUT2D eigenvalue weighted by Crippen LogP contribution is -2.32. The third-order valence-corrected chi connectivity index (χ3v) is 5.13. The Balaban J connectivity index is 2.04. The molecule has 98 valence electrons. The van der Waals surface area contributed by atoms with Gasteiger partial charge in [-0.05, 0) is 35.5 Å². The standard InChI is InChI=1S/C15H27NO/c1-6-14(17)16-8-11-7-13(15(3,4)5)10(2)12(11)9-16/h10-13H,6-9H2,1-5H3. The number of hydrogen-bond acceptors (Lipinski definition) is 1. The molecule has 1 heterocycles. The van der Waals surface area contributed by atoms with Crippen molar-refractivity contribution in [2.45, 2.75) is 47.5 Å². The Hall–Kier alpha value is -0.530. The average molecular weight is 237 g/mol. The van der Waals surface area contributed by atoms with Crippen LogP contribution in [0.3, 0.4) is 0 Å². The van der Waals surface area contributed by atoms with E-state index in [9.17, 15) is 4.79 Å². The maximum atomic E-state index is 11.8. The highest BCUT2D eigenvalue weighted by molar-refractivity contribution is 5.76. The van der Waals surface area contributed by atoms with Crippen molar-refractivity contribution in [1.29, 1.82) is 0 Å². The maximum absolute atomic E-state index is 11.8. The van der Waals surface area contributed by atoms with Crippen LogP contribution in [0.25, 0.3) is 0 Å². The van der Waals surface area contributed by atoms with Crippen LogP contribution in [0.15, 0.2) is 0 Å². The second kappa shape index (κ2) is 4.29. The van der Waals surface area contributed by atoms with Crippen molar-refractivity contribution in [3.8, 4) is 0 Å². The summed E-state index contributed by atoms with van der Waals surface area (Å²) in [6.45, 7) is 13.5. The van der Waals surface area contributed by atoms with Gasteiger partial charge in [-0.25, -0.2) is 0 Å². The Morgan fingerprint density at radius 3 is 2.41 bits per heavy atom. The molecule has 4 unspecified atom stereocenters. The number of fused-ring (bicyclic) bond motifs is 1. The number of carbonyl (C=O) groups excluding carboxylic acids is 1. The van der Waals surface area contributed by atoms with Crippen molar-refractivity contribution in [2.75, 3.05) is 13.1 Å². The molecule has 17 heavy (non-hydrogen) atoms. The Labute approximate surface area is 106 Å². The van der Waals surface area contributed by atoms with Crippen molar-refractivity contribution in [3.05, 3.63) is 0 Å². The van der Waals surface area contributed by atoms with Gasteiger partial charge in [0, 0.05) is 19.5 Å². The average Bonchev–Trinajstić information content (AvgIpc) is 2.76. The van der Waals surface area contributed by atoms with Gasteiger partial charge in [-0.15, -0.1) is 0 Å². The molecular weight excluding hydrogens is 210 g/mol. The number of amides is 1. The van der Waals surface area contributed by atoms with E-state index in [2.05, 4.69) is 32.6 Å². The lowest BCUT2D eigenvalue weighted by molar-refractivity contribution is -0.130. The summed E-state index contributed by atoms with van der Waals surface area (Å²) in [5, 5.41) is 0. The first-order valence-corrected chi connectivity index (χ1v) is 7.12. The van der Waals surface area contributed by atoms with Crippen molar-refractivity contribution in [3.63, 3.8) is 0 Å². The molecule has 2 nitrogen and oxygen atoms in total. The monoisotopic (exact) mass is 237 g/mol. The number of carbonyl (C=O) groups is 1. The molecule has 1 aliphatic heterocycles. The van der Waals surface area contributed by atoms with Crippen LogP contribution in [0.1, 0.15) is 47.5 Å². The number of hydrogen-bond donors (Lipinski definition) is 0. The minimum Gasteiger partial charge on any atom is -0.342 e. The van der Waals surface area contributed by atoms with E-state index >= 15 is 0 Å². The number of likely N-dealkylation sites (tertiary alicyclic amines) is 1. The molecule has 2 fully saturated rings. The van der Waals surface area contributed by atoms with Crippen LogP contribution in [0.2, 0.25) is 0 Å². The van der Waals surface area contributed by atoms with Crippen LogP contribution in [0, 0.1) is 29.1 Å². The van der Waals surface area contributed by atoms with Gasteiger partial charge in [-0.2, -0.15) is 0 Å². The first-order valence-electron chi connectivity index (χ1n) is 7.12. The van der Waals surface area contributed by atoms with Crippen molar-refractivity contribution in [1.82, 2.24) is 4.90 Å². The number of nitrogens with zero attached hydrogens (tertiary/aromatic N) is 1. The third-order valence-electron chi connectivity index (χ3n) is 5.13. The number of rotatable bonds is 1. The quantitative estimate of drug-likeness (QED) is 0.686. The highest BCUT2D eigenvalue weighted by Crippen LogP contribution is 2.51. The Morgan fingerprint density at radius 1 is 1.29 bits per heavy atom. The second-order valence-corrected chi connectivity index (χ2v) is 7.14. The van der Waals surface area contributed by atoms with E-state index in [-0.39, 0.29) is 0 Å². The molecule has 0 radical (unpaired) electrons. The molecule has 0 aromatic rings. The summed E-state index contributed by atoms with van der Waals surface area (Å²) in [5.74, 6) is 3.48. The van der Waals surface area contributed by atoms with Crippen LogP contribution in [-0.2, 0) is 4.79 Å². The molecule has 0 bridgehead atoms. The lowest BCUT2D eigenvalue weighted by Gasteiger charge is -2.33. The van der Waals surface area contributed by atoms with Gasteiger partial charge < -0.3 is 4.90 Å². The third kappa shape index (κ3) is 2.23. The molecule has 0 aromatic heterocycles. The molecule has 1 saturated carbocycles. The van der Waals surface area contributed by atoms with Gasteiger partial charge in [0.2, 0.25) is 5.91 Å². The van der Waals surface area contributed by atoms with Gasteiger partial charge in [0.05, 0.1) is 0 Å².